The molecule has 0 aromatic heterocycles. The number of likely N-dealkylation sites (tertiary alicyclic amines) is 1. The SMILES string of the molecule is Cc1ccc(C(=O)O[C@@H](C(=O)N2CCCCC2)c2ccccc2)c(C)c1. The number of amides is 1. The topological polar surface area (TPSA) is 46.6 Å². The molecular weight excluding hydrogens is 326 g/mol. The first kappa shape index (κ1) is 18.2. The molecule has 1 amide bonds. The molecule has 0 unspecified atom stereocenters. The summed E-state index contributed by atoms with van der Waals surface area (Å²) in [7, 11) is 0. The van der Waals surface area contributed by atoms with Crippen molar-refractivity contribution in [3.63, 3.8) is 0 Å². The van der Waals surface area contributed by atoms with Crippen LogP contribution in [0.1, 0.15) is 52.4 Å². The van der Waals surface area contributed by atoms with Crippen LogP contribution in [0.5, 0.6) is 0 Å². The lowest BCUT2D eigenvalue weighted by Gasteiger charge is -2.30. The molecule has 0 spiro atoms. The molecule has 2 aromatic carbocycles. The fraction of sp³-hybridized carbons (Fsp3) is 0.364. The minimum Gasteiger partial charge on any atom is -0.444 e. The Balaban J connectivity index is 1.85. The molecule has 0 bridgehead atoms. The van der Waals surface area contributed by atoms with Crippen molar-refractivity contribution in [1.29, 1.82) is 0 Å². The fourth-order valence-corrected chi connectivity index (χ4v) is 3.38. The van der Waals surface area contributed by atoms with Gasteiger partial charge in [-0.3, -0.25) is 4.79 Å². The summed E-state index contributed by atoms with van der Waals surface area (Å²) in [5.41, 5.74) is 3.15. The maximum absolute atomic E-state index is 13.1. The minimum absolute atomic E-state index is 0.131. The van der Waals surface area contributed by atoms with E-state index in [-0.39, 0.29) is 5.91 Å². The summed E-state index contributed by atoms with van der Waals surface area (Å²) < 4.78 is 5.73. The highest BCUT2D eigenvalue weighted by molar-refractivity contribution is 5.94. The third kappa shape index (κ3) is 4.13. The van der Waals surface area contributed by atoms with Crippen molar-refractivity contribution in [3.05, 3.63) is 70.8 Å². The van der Waals surface area contributed by atoms with Crippen molar-refractivity contribution in [1.82, 2.24) is 4.90 Å². The van der Waals surface area contributed by atoms with Crippen molar-refractivity contribution < 1.29 is 14.3 Å². The Morgan fingerprint density at radius 2 is 1.65 bits per heavy atom. The number of nitrogens with zero attached hydrogens (tertiary/aromatic N) is 1. The van der Waals surface area contributed by atoms with Crippen LogP contribution in [-0.2, 0) is 9.53 Å². The lowest BCUT2D eigenvalue weighted by molar-refractivity contribution is -0.142. The molecule has 1 aliphatic heterocycles. The number of hydrogen-bond acceptors (Lipinski definition) is 3. The molecule has 4 heteroatoms. The smallest absolute Gasteiger partial charge is 0.339 e. The number of esters is 1. The Kier molecular flexibility index (Phi) is 5.71. The highest BCUT2D eigenvalue weighted by atomic mass is 16.5. The highest BCUT2D eigenvalue weighted by Crippen LogP contribution is 2.24. The number of piperidine rings is 1. The number of carbonyl (C=O) groups is 2. The van der Waals surface area contributed by atoms with Crippen LogP contribution in [0.15, 0.2) is 48.5 Å². The summed E-state index contributed by atoms with van der Waals surface area (Å²) in [6.07, 6.45) is 2.24. The molecule has 136 valence electrons. The van der Waals surface area contributed by atoms with Crippen LogP contribution in [0, 0.1) is 13.8 Å². The number of benzene rings is 2. The second-order valence-electron chi connectivity index (χ2n) is 6.90. The standard InChI is InChI=1S/C22H25NO3/c1-16-11-12-19(17(2)15-16)22(25)26-20(18-9-5-3-6-10-18)21(24)23-13-7-4-8-14-23/h3,5-6,9-12,15,20H,4,7-8,13-14H2,1-2H3/t20-/m1/s1. The molecule has 26 heavy (non-hydrogen) atoms. The summed E-state index contributed by atoms with van der Waals surface area (Å²) >= 11 is 0. The van der Waals surface area contributed by atoms with Gasteiger partial charge in [0.05, 0.1) is 5.56 Å². The Labute approximate surface area is 154 Å². The lowest BCUT2D eigenvalue weighted by atomic mass is 10.0. The van der Waals surface area contributed by atoms with Crippen LogP contribution in [0.2, 0.25) is 0 Å². The van der Waals surface area contributed by atoms with E-state index in [2.05, 4.69) is 0 Å². The van der Waals surface area contributed by atoms with Crippen molar-refractivity contribution in [2.24, 2.45) is 0 Å². The molecule has 3 rings (SSSR count). The highest BCUT2D eigenvalue weighted by Gasteiger charge is 2.30. The van der Waals surface area contributed by atoms with E-state index in [1.807, 2.05) is 61.2 Å². The molecule has 1 aliphatic rings. The molecule has 2 aromatic rings. The molecule has 4 nitrogen and oxygen atoms in total. The van der Waals surface area contributed by atoms with Gasteiger partial charge in [-0.1, -0.05) is 48.0 Å². The van der Waals surface area contributed by atoms with Crippen LogP contribution in [0.3, 0.4) is 0 Å². The number of hydrogen-bond donors (Lipinski definition) is 0. The number of ether oxygens (including phenoxy) is 1. The number of carbonyl (C=O) groups excluding carboxylic acids is 2. The lowest BCUT2D eigenvalue weighted by Crippen LogP contribution is -2.40. The van der Waals surface area contributed by atoms with Crippen molar-refractivity contribution >= 4 is 11.9 Å². The van der Waals surface area contributed by atoms with Crippen molar-refractivity contribution in [3.8, 4) is 0 Å². The van der Waals surface area contributed by atoms with E-state index in [1.165, 1.54) is 0 Å². The van der Waals surface area contributed by atoms with E-state index < -0.39 is 12.1 Å². The van der Waals surface area contributed by atoms with Gasteiger partial charge in [-0.25, -0.2) is 4.79 Å². The van der Waals surface area contributed by atoms with Crippen LogP contribution in [0.4, 0.5) is 0 Å². The predicted molar refractivity (Wildman–Crippen MR) is 101 cm³/mol. The van der Waals surface area contributed by atoms with Gasteiger partial charge in [0.25, 0.3) is 5.91 Å². The van der Waals surface area contributed by atoms with Gasteiger partial charge >= 0.3 is 5.97 Å². The molecular formula is C22H25NO3. The van der Waals surface area contributed by atoms with Crippen LogP contribution < -0.4 is 0 Å². The molecule has 1 heterocycles. The first-order valence-electron chi connectivity index (χ1n) is 9.18. The van der Waals surface area contributed by atoms with E-state index >= 15 is 0 Å². The first-order chi connectivity index (χ1) is 12.6. The van der Waals surface area contributed by atoms with E-state index in [9.17, 15) is 9.59 Å². The van der Waals surface area contributed by atoms with Crippen molar-refractivity contribution in [2.75, 3.05) is 13.1 Å². The van der Waals surface area contributed by atoms with Crippen LogP contribution >= 0.6 is 0 Å². The van der Waals surface area contributed by atoms with Gasteiger partial charge in [0.1, 0.15) is 0 Å². The summed E-state index contributed by atoms with van der Waals surface area (Å²) in [6, 6.07) is 14.9. The predicted octanol–water partition coefficient (Wildman–Crippen LogP) is 4.21. The van der Waals surface area contributed by atoms with E-state index in [4.69, 9.17) is 4.74 Å². The second kappa shape index (κ2) is 8.17. The zero-order chi connectivity index (χ0) is 18.5. The Morgan fingerprint density at radius 1 is 0.962 bits per heavy atom. The maximum atomic E-state index is 13.1. The average molecular weight is 351 g/mol. The molecule has 0 aliphatic carbocycles. The molecule has 0 radical (unpaired) electrons. The maximum Gasteiger partial charge on any atom is 0.339 e. The van der Waals surface area contributed by atoms with E-state index in [0.29, 0.717) is 11.1 Å². The third-order valence-corrected chi connectivity index (χ3v) is 4.82. The summed E-state index contributed by atoms with van der Waals surface area (Å²) in [4.78, 5) is 27.6. The van der Waals surface area contributed by atoms with Gasteiger partial charge in [0.15, 0.2) is 0 Å². The molecule has 1 saturated heterocycles. The van der Waals surface area contributed by atoms with Gasteiger partial charge < -0.3 is 9.64 Å². The summed E-state index contributed by atoms with van der Waals surface area (Å²) in [6.45, 7) is 5.31. The normalized spacial score (nSPS) is 15.4. The van der Waals surface area contributed by atoms with Crippen molar-refractivity contribution in [2.45, 2.75) is 39.2 Å². The van der Waals surface area contributed by atoms with Gasteiger partial charge in [-0.2, -0.15) is 0 Å². The van der Waals surface area contributed by atoms with E-state index in [0.717, 1.165) is 43.5 Å². The average Bonchev–Trinajstić information content (AvgIpc) is 2.67. The summed E-state index contributed by atoms with van der Waals surface area (Å²) in [5, 5.41) is 0. The number of rotatable bonds is 4. The van der Waals surface area contributed by atoms with Crippen LogP contribution in [0.25, 0.3) is 0 Å². The van der Waals surface area contributed by atoms with Crippen LogP contribution in [-0.4, -0.2) is 29.9 Å². The Morgan fingerprint density at radius 3 is 2.31 bits per heavy atom. The Hall–Kier alpha value is -2.62. The van der Waals surface area contributed by atoms with Gasteiger partial charge in [0, 0.05) is 18.7 Å². The largest absolute Gasteiger partial charge is 0.444 e. The van der Waals surface area contributed by atoms with Gasteiger partial charge in [-0.15, -0.1) is 0 Å². The van der Waals surface area contributed by atoms with Gasteiger partial charge in [0.2, 0.25) is 6.10 Å². The zero-order valence-corrected chi connectivity index (χ0v) is 15.4. The fourth-order valence-electron chi connectivity index (χ4n) is 3.38. The molecule has 0 N–H and O–H groups in total. The zero-order valence-electron chi connectivity index (χ0n) is 15.4. The molecule has 0 saturated carbocycles. The second-order valence-corrected chi connectivity index (χ2v) is 6.90. The first-order valence-corrected chi connectivity index (χ1v) is 9.18. The third-order valence-electron chi connectivity index (χ3n) is 4.82. The van der Waals surface area contributed by atoms with E-state index in [1.54, 1.807) is 6.07 Å². The quantitative estimate of drug-likeness (QED) is 0.775. The van der Waals surface area contributed by atoms with Gasteiger partial charge in [-0.05, 0) is 44.7 Å². The summed E-state index contributed by atoms with van der Waals surface area (Å²) in [5.74, 6) is -0.587. The molecule has 1 fully saturated rings. The monoisotopic (exact) mass is 351 g/mol. The Bertz CT molecular complexity index is 779. The molecule has 1 atom stereocenters. The minimum atomic E-state index is -0.900. The number of aryl methyl sites for hydroxylation is 2.